The Balaban J connectivity index is 0.00000500. The molecule has 0 fully saturated rings. The van der Waals surface area contributed by atoms with Crippen LogP contribution in [0.4, 0.5) is 17.1 Å². The van der Waals surface area contributed by atoms with Crippen molar-refractivity contribution in [1.82, 2.24) is 0 Å². The Labute approximate surface area is 305 Å². The Hall–Kier alpha value is -4.11. The molecule has 0 atom stereocenters. The molecule has 0 bridgehead atoms. The van der Waals surface area contributed by atoms with Crippen molar-refractivity contribution in [3.05, 3.63) is 114 Å². The van der Waals surface area contributed by atoms with Gasteiger partial charge in [-0.1, -0.05) is 58.7 Å². The van der Waals surface area contributed by atoms with Gasteiger partial charge in [-0.25, -0.2) is 4.79 Å². The minimum absolute atomic E-state index is 0. The quantitative estimate of drug-likeness (QED) is 0.140. The van der Waals surface area contributed by atoms with Crippen molar-refractivity contribution in [2.45, 2.75) is 9.79 Å². The molecule has 1 radical (unpaired) electrons. The monoisotopic (exact) mass is 719 g/mol. The van der Waals surface area contributed by atoms with E-state index in [1.165, 1.54) is 11.8 Å². The van der Waals surface area contributed by atoms with Gasteiger partial charge in [-0.05, 0) is 76.7 Å². The van der Waals surface area contributed by atoms with Crippen LogP contribution in [0, 0.1) is 6.07 Å². The number of hydrogen-bond acceptors (Lipinski definition) is 6. The van der Waals surface area contributed by atoms with E-state index in [0.29, 0.717) is 11.1 Å². The van der Waals surface area contributed by atoms with Crippen molar-refractivity contribution in [1.29, 1.82) is 0 Å². The molecule has 5 aromatic carbocycles. The molecule has 0 spiro atoms. The van der Waals surface area contributed by atoms with Crippen molar-refractivity contribution in [3.8, 4) is 33.4 Å². The molecule has 0 heterocycles. The molecule has 0 amide bonds. The van der Waals surface area contributed by atoms with E-state index in [1.54, 1.807) is 24.3 Å². The largest absolute Gasteiger partial charge is 0.512 e. The van der Waals surface area contributed by atoms with Crippen molar-refractivity contribution in [2.24, 2.45) is 0 Å². The molecule has 0 aliphatic heterocycles. The van der Waals surface area contributed by atoms with Crippen LogP contribution < -0.4 is 14.7 Å². The zero-order valence-electron chi connectivity index (χ0n) is 27.3. The van der Waals surface area contributed by atoms with Gasteiger partial charge >= 0.3 is 5.97 Å². The van der Waals surface area contributed by atoms with Crippen molar-refractivity contribution in [3.63, 3.8) is 0 Å². The van der Waals surface area contributed by atoms with Crippen LogP contribution in [0.25, 0.3) is 33.4 Å². The van der Waals surface area contributed by atoms with Gasteiger partial charge in [0.15, 0.2) is 0 Å². The van der Waals surface area contributed by atoms with Crippen LogP contribution in [-0.2, 0) is 32.7 Å². The Morgan fingerprint density at radius 3 is 1.34 bits per heavy atom. The van der Waals surface area contributed by atoms with Crippen molar-refractivity contribution >= 4 is 40.8 Å². The Morgan fingerprint density at radius 1 is 0.553 bits per heavy atom. The summed E-state index contributed by atoms with van der Waals surface area (Å²) < 4.78 is 0. The van der Waals surface area contributed by atoms with Crippen LogP contribution in [0.3, 0.4) is 0 Å². The van der Waals surface area contributed by atoms with Gasteiger partial charge in [-0.3, -0.25) is 4.79 Å². The number of carbonyl (C=O) groups is 2. The summed E-state index contributed by atoms with van der Waals surface area (Å²) in [4.78, 5) is 32.3. The van der Waals surface area contributed by atoms with E-state index < -0.39 is 11.9 Å². The molecule has 47 heavy (non-hydrogen) atoms. The number of anilines is 3. The van der Waals surface area contributed by atoms with Gasteiger partial charge in [0.1, 0.15) is 0 Å². The number of nitrogens with zero attached hydrogens (tertiary/aromatic N) is 3. The number of hydrogen-bond donors (Lipinski definition) is 2. The first-order valence-corrected chi connectivity index (χ1v) is 15.5. The van der Waals surface area contributed by atoms with Crippen molar-refractivity contribution in [2.75, 3.05) is 57.0 Å². The first kappa shape index (κ1) is 35.7. The van der Waals surface area contributed by atoms with Gasteiger partial charge in [0.05, 0.1) is 5.56 Å². The fourth-order valence-corrected chi connectivity index (χ4v) is 6.30. The Bertz CT molecular complexity index is 1870. The summed E-state index contributed by atoms with van der Waals surface area (Å²) in [7, 11) is 11.8. The van der Waals surface area contributed by atoms with E-state index in [2.05, 4.69) is 6.07 Å². The van der Waals surface area contributed by atoms with Crippen LogP contribution in [0.15, 0.2) is 107 Å². The maximum Gasteiger partial charge on any atom is 0.335 e. The second-order valence-corrected chi connectivity index (χ2v) is 12.6. The number of carboxylic acids is 2. The third-order valence-electron chi connectivity index (χ3n) is 7.76. The van der Waals surface area contributed by atoms with E-state index in [4.69, 9.17) is 0 Å². The molecule has 5 aromatic rings. The molecule has 0 saturated heterocycles. The molecule has 2 N–H and O–H groups in total. The van der Waals surface area contributed by atoms with E-state index >= 15 is 0 Å². The third kappa shape index (κ3) is 7.90. The molecule has 5 rings (SSSR count). The van der Waals surface area contributed by atoms with Crippen LogP contribution in [0.1, 0.15) is 20.7 Å². The summed E-state index contributed by atoms with van der Waals surface area (Å²) in [6.45, 7) is 0. The smallest absolute Gasteiger partial charge is 0.335 e. The number of aromatic carboxylic acids is 2. The zero-order chi connectivity index (χ0) is 33.1. The average molecular weight is 720 g/mol. The second kappa shape index (κ2) is 15.2. The summed E-state index contributed by atoms with van der Waals surface area (Å²) in [6, 6.07) is 33.9. The fourth-order valence-electron chi connectivity index (χ4n) is 5.20. The van der Waals surface area contributed by atoms with E-state index in [0.717, 1.165) is 49.1 Å². The molecule has 7 nitrogen and oxygen atoms in total. The van der Waals surface area contributed by atoms with E-state index in [1.807, 2.05) is 130 Å². The number of rotatable bonds is 10. The summed E-state index contributed by atoms with van der Waals surface area (Å²) in [5, 5.41) is 20.2. The third-order valence-corrected chi connectivity index (χ3v) is 8.88. The summed E-state index contributed by atoms with van der Waals surface area (Å²) in [5.41, 5.74) is 7.68. The van der Waals surface area contributed by atoms with E-state index in [-0.39, 0.29) is 43.8 Å². The first-order chi connectivity index (χ1) is 21.9. The minimum Gasteiger partial charge on any atom is -0.512 e. The Morgan fingerprint density at radius 2 is 0.957 bits per heavy atom. The van der Waals surface area contributed by atoms with Crippen LogP contribution in [0.5, 0.6) is 0 Å². The van der Waals surface area contributed by atoms with Gasteiger partial charge in [0.25, 0.3) is 5.97 Å². The van der Waals surface area contributed by atoms with E-state index in [9.17, 15) is 19.8 Å². The summed E-state index contributed by atoms with van der Waals surface area (Å²) in [6.07, 6.45) is 0. The van der Waals surface area contributed by atoms with Crippen molar-refractivity contribution < 1.29 is 52.5 Å². The maximum atomic E-state index is 13.1. The van der Waals surface area contributed by atoms with Gasteiger partial charge in [-0.2, -0.15) is 0 Å². The van der Waals surface area contributed by atoms with Crippen LogP contribution in [0.2, 0.25) is 0 Å². The van der Waals surface area contributed by atoms with Crippen LogP contribution >= 0.6 is 11.8 Å². The summed E-state index contributed by atoms with van der Waals surface area (Å²) in [5.74, 6) is -2.08. The fraction of sp³-hybridized carbons (Fsp3) is 0.158. The topological polar surface area (TPSA) is 84.3 Å². The second-order valence-electron chi connectivity index (χ2n) is 11.5. The molecule has 0 aliphatic carbocycles. The molecule has 0 saturated carbocycles. The minimum atomic E-state index is -1.08. The zero-order valence-corrected chi connectivity index (χ0v) is 30.9. The molecule has 237 valence electrons. The average Bonchev–Trinajstić information content (AvgIpc) is 3.04. The molecule has 0 aliphatic rings. The Kier molecular flexibility index (Phi) is 11.6. The van der Waals surface area contributed by atoms with Gasteiger partial charge < -0.3 is 24.9 Å². The van der Waals surface area contributed by atoms with Gasteiger partial charge in [0.2, 0.25) is 0 Å². The SMILES string of the molecule is CN(C)c1ccc(-c2[c-]c(C(=O)O)c(-c3ccc(N(C)C)cc3)c(-c3ccc(N(C)C)cc3)c2Sc2ccc(C(=O)O)cc2)cc1.[Y]. The maximum absolute atomic E-state index is 13.1. The molecule has 0 aromatic heterocycles. The molecular formula is C38H36N3O4SY-. The van der Waals surface area contributed by atoms with Crippen LogP contribution in [-0.4, -0.2) is 64.4 Å². The summed E-state index contributed by atoms with van der Waals surface area (Å²) >= 11 is 1.46. The van der Waals surface area contributed by atoms with Gasteiger partial charge in [0, 0.05) is 97.0 Å². The molecule has 9 heteroatoms. The predicted molar refractivity (Wildman–Crippen MR) is 189 cm³/mol. The first-order valence-electron chi connectivity index (χ1n) is 14.7. The standard InChI is InChI=1S/C38H36N3O4S.Y/c1-39(2)28-15-7-24(8-16-28)32-23-33(38(44)45)34(25-9-17-29(18-10-25)40(3)4)35(26-11-19-30(20-12-26)41(5)6)36(32)46-31-21-13-27(14-22-31)37(42)43;/h7-22H,1-6H3,(H,42,43)(H,44,45);/q-1;. The normalized spacial score (nSPS) is 10.6. The number of carboxylic acid groups (broad SMARTS) is 2. The molecule has 0 unspecified atom stereocenters. The molecular weight excluding hydrogens is 683 g/mol. The predicted octanol–water partition coefficient (Wildman–Crippen LogP) is 8.23. The van der Waals surface area contributed by atoms with Gasteiger partial charge in [-0.15, -0.1) is 23.4 Å². The number of benzene rings is 5.